The highest BCUT2D eigenvalue weighted by Crippen LogP contribution is 2.27. The zero-order valence-electron chi connectivity index (χ0n) is 13.4. The Morgan fingerprint density at radius 2 is 1.57 bits per heavy atom. The van der Waals surface area contributed by atoms with Crippen LogP contribution in [0.3, 0.4) is 0 Å². The van der Waals surface area contributed by atoms with Crippen molar-refractivity contribution in [1.29, 1.82) is 0 Å². The lowest BCUT2D eigenvalue weighted by Gasteiger charge is -2.14. The molecule has 21 heavy (non-hydrogen) atoms. The molecule has 0 heterocycles. The van der Waals surface area contributed by atoms with Crippen molar-refractivity contribution in [2.24, 2.45) is 5.73 Å². The number of rotatable bonds is 5. The largest absolute Gasteiger partial charge is 0.323 e. The van der Waals surface area contributed by atoms with Crippen molar-refractivity contribution in [3.8, 4) is 0 Å². The molecular weight excluding hydrogens is 274 g/mol. The molecule has 0 saturated carbocycles. The van der Waals surface area contributed by atoms with E-state index in [1.807, 2.05) is 11.8 Å². The Hall–Kier alpha value is -1.25. The topological polar surface area (TPSA) is 26.0 Å². The van der Waals surface area contributed by atoms with Crippen LogP contribution in [0.4, 0.5) is 0 Å². The first-order valence-electron chi connectivity index (χ1n) is 7.53. The highest BCUT2D eigenvalue weighted by molar-refractivity contribution is 7.99. The second kappa shape index (κ2) is 7.15. The van der Waals surface area contributed by atoms with E-state index < -0.39 is 0 Å². The van der Waals surface area contributed by atoms with Crippen molar-refractivity contribution in [2.75, 3.05) is 5.75 Å². The number of aryl methyl sites for hydroxylation is 2. The summed E-state index contributed by atoms with van der Waals surface area (Å²) in [7, 11) is 0. The third kappa shape index (κ3) is 4.36. The fourth-order valence-electron chi connectivity index (χ4n) is 2.37. The summed E-state index contributed by atoms with van der Waals surface area (Å²) in [6.45, 7) is 8.72. The van der Waals surface area contributed by atoms with Gasteiger partial charge in [0.1, 0.15) is 0 Å². The maximum Gasteiger partial charge on any atom is 0.0390 e. The molecule has 0 fully saturated rings. The number of hydrogen-bond acceptors (Lipinski definition) is 2. The van der Waals surface area contributed by atoms with E-state index in [0.29, 0.717) is 5.92 Å². The number of benzene rings is 2. The fourth-order valence-corrected chi connectivity index (χ4v) is 3.37. The van der Waals surface area contributed by atoms with Gasteiger partial charge in [-0.05, 0) is 42.5 Å². The first-order valence-corrected chi connectivity index (χ1v) is 8.51. The predicted octanol–water partition coefficient (Wildman–Crippen LogP) is 5.22. The molecule has 2 aromatic rings. The van der Waals surface area contributed by atoms with Crippen LogP contribution < -0.4 is 5.73 Å². The molecule has 0 aliphatic carbocycles. The van der Waals surface area contributed by atoms with Crippen LogP contribution in [0, 0.1) is 13.8 Å². The van der Waals surface area contributed by atoms with Crippen molar-refractivity contribution in [3.05, 3.63) is 64.7 Å². The van der Waals surface area contributed by atoms with Gasteiger partial charge < -0.3 is 5.73 Å². The van der Waals surface area contributed by atoms with Gasteiger partial charge in [0.15, 0.2) is 0 Å². The Labute approximate surface area is 133 Å². The quantitative estimate of drug-likeness (QED) is 0.766. The molecule has 0 aromatic heterocycles. The maximum atomic E-state index is 6.33. The predicted molar refractivity (Wildman–Crippen MR) is 94.1 cm³/mol. The zero-order valence-corrected chi connectivity index (χ0v) is 14.2. The third-order valence-electron chi connectivity index (χ3n) is 3.78. The Morgan fingerprint density at radius 1 is 0.952 bits per heavy atom. The standard InChI is InChI=1S/C19H25NS/c1-13(2)16-6-8-17(9-7-16)18(20)12-21-19-10-5-14(3)11-15(19)4/h5-11,13,18H,12,20H2,1-4H3. The van der Waals surface area contributed by atoms with E-state index in [4.69, 9.17) is 5.73 Å². The SMILES string of the molecule is Cc1ccc(SCC(N)c2ccc(C(C)C)cc2)c(C)c1. The second-order valence-electron chi connectivity index (χ2n) is 6.01. The van der Waals surface area contributed by atoms with Crippen molar-refractivity contribution in [1.82, 2.24) is 0 Å². The van der Waals surface area contributed by atoms with E-state index in [1.165, 1.54) is 27.1 Å². The Kier molecular flexibility index (Phi) is 5.49. The summed E-state index contributed by atoms with van der Waals surface area (Å²) in [6.07, 6.45) is 0. The van der Waals surface area contributed by atoms with Gasteiger partial charge in [-0.15, -0.1) is 11.8 Å². The minimum atomic E-state index is 0.0805. The zero-order chi connectivity index (χ0) is 15.4. The molecule has 0 aliphatic rings. The number of hydrogen-bond donors (Lipinski definition) is 1. The van der Waals surface area contributed by atoms with E-state index in [-0.39, 0.29) is 6.04 Å². The average Bonchev–Trinajstić information content (AvgIpc) is 2.46. The highest BCUT2D eigenvalue weighted by Gasteiger charge is 2.09. The molecule has 0 bridgehead atoms. The van der Waals surface area contributed by atoms with Crippen LogP contribution in [0.1, 0.15) is 48.1 Å². The number of nitrogens with two attached hydrogens (primary N) is 1. The van der Waals surface area contributed by atoms with Gasteiger partial charge in [0, 0.05) is 16.7 Å². The smallest absolute Gasteiger partial charge is 0.0390 e. The van der Waals surface area contributed by atoms with Crippen LogP contribution in [-0.4, -0.2) is 5.75 Å². The molecule has 0 radical (unpaired) electrons. The normalized spacial score (nSPS) is 12.7. The third-order valence-corrected chi connectivity index (χ3v) is 5.07. The van der Waals surface area contributed by atoms with Gasteiger partial charge >= 0.3 is 0 Å². The minimum Gasteiger partial charge on any atom is -0.323 e. The van der Waals surface area contributed by atoms with E-state index in [0.717, 1.165) is 5.75 Å². The Balaban J connectivity index is 1.99. The molecule has 0 aliphatic heterocycles. The molecule has 0 amide bonds. The molecule has 2 N–H and O–H groups in total. The summed E-state index contributed by atoms with van der Waals surface area (Å²) in [6, 6.07) is 15.4. The summed E-state index contributed by atoms with van der Waals surface area (Å²) in [5.74, 6) is 1.48. The molecule has 1 atom stereocenters. The van der Waals surface area contributed by atoms with Crippen LogP contribution in [0.15, 0.2) is 47.4 Å². The summed E-state index contributed by atoms with van der Waals surface area (Å²) >= 11 is 1.84. The lowest BCUT2D eigenvalue weighted by Crippen LogP contribution is -2.13. The van der Waals surface area contributed by atoms with Crippen LogP contribution in [0.25, 0.3) is 0 Å². The van der Waals surface area contributed by atoms with Crippen molar-refractivity contribution in [2.45, 2.75) is 44.6 Å². The molecule has 0 spiro atoms. The molecule has 1 nitrogen and oxygen atoms in total. The molecule has 112 valence electrons. The minimum absolute atomic E-state index is 0.0805. The average molecular weight is 299 g/mol. The van der Waals surface area contributed by atoms with Crippen LogP contribution in [0.2, 0.25) is 0 Å². The molecule has 0 saturated heterocycles. The second-order valence-corrected chi connectivity index (χ2v) is 7.07. The summed E-state index contributed by atoms with van der Waals surface area (Å²) in [5, 5.41) is 0. The van der Waals surface area contributed by atoms with Gasteiger partial charge in [0.2, 0.25) is 0 Å². The lowest BCUT2D eigenvalue weighted by atomic mass is 10.00. The molecule has 2 aromatic carbocycles. The van der Waals surface area contributed by atoms with E-state index in [1.54, 1.807) is 0 Å². The molecular formula is C19H25NS. The molecule has 2 heteroatoms. The highest BCUT2D eigenvalue weighted by atomic mass is 32.2. The van der Waals surface area contributed by atoms with Crippen molar-refractivity contribution < 1.29 is 0 Å². The first-order chi connectivity index (χ1) is 9.97. The van der Waals surface area contributed by atoms with E-state index >= 15 is 0 Å². The summed E-state index contributed by atoms with van der Waals surface area (Å²) in [5.41, 5.74) is 11.6. The van der Waals surface area contributed by atoms with Crippen molar-refractivity contribution in [3.63, 3.8) is 0 Å². The summed E-state index contributed by atoms with van der Waals surface area (Å²) in [4.78, 5) is 1.33. The van der Waals surface area contributed by atoms with Gasteiger partial charge in [0.25, 0.3) is 0 Å². The number of thioether (sulfide) groups is 1. The van der Waals surface area contributed by atoms with Gasteiger partial charge in [-0.25, -0.2) is 0 Å². The van der Waals surface area contributed by atoms with Crippen molar-refractivity contribution >= 4 is 11.8 Å². The van der Waals surface area contributed by atoms with Crippen LogP contribution >= 0.6 is 11.8 Å². The Morgan fingerprint density at radius 3 is 2.14 bits per heavy atom. The Bertz CT molecular complexity index is 587. The van der Waals surface area contributed by atoms with E-state index in [9.17, 15) is 0 Å². The maximum absolute atomic E-state index is 6.33. The summed E-state index contributed by atoms with van der Waals surface area (Å²) < 4.78 is 0. The van der Waals surface area contributed by atoms with Crippen LogP contribution in [0.5, 0.6) is 0 Å². The van der Waals surface area contributed by atoms with Gasteiger partial charge in [-0.3, -0.25) is 0 Å². The molecule has 2 rings (SSSR count). The van der Waals surface area contributed by atoms with Gasteiger partial charge in [-0.2, -0.15) is 0 Å². The first kappa shape index (κ1) is 16.1. The monoisotopic (exact) mass is 299 g/mol. The lowest BCUT2D eigenvalue weighted by molar-refractivity contribution is 0.822. The molecule has 1 unspecified atom stereocenters. The van der Waals surface area contributed by atoms with E-state index in [2.05, 4.69) is 70.2 Å². The van der Waals surface area contributed by atoms with Crippen LogP contribution in [-0.2, 0) is 0 Å². The van der Waals surface area contributed by atoms with Gasteiger partial charge in [-0.1, -0.05) is 55.8 Å². The van der Waals surface area contributed by atoms with Gasteiger partial charge in [0.05, 0.1) is 0 Å². The fraction of sp³-hybridized carbons (Fsp3) is 0.368.